The lowest BCUT2D eigenvalue weighted by Gasteiger charge is -2.17. The highest BCUT2D eigenvalue weighted by atomic mass is 32.2. The molecule has 1 rings (SSSR count). The molecule has 0 fully saturated rings. The third-order valence-corrected chi connectivity index (χ3v) is 5.92. The van der Waals surface area contributed by atoms with Gasteiger partial charge in [0.25, 0.3) is 10.0 Å². The van der Waals surface area contributed by atoms with Crippen LogP contribution in [0.1, 0.15) is 25.1 Å². The quantitative estimate of drug-likeness (QED) is 0.746. The summed E-state index contributed by atoms with van der Waals surface area (Å²) in [6, 6.07) is 3.51. The molecule has 0 saturated heterocycles. The fourth-order valence-corrected chi connectivity index (χ4v) is 4.53. The normalized spacial score (nSPS) is 11.7. The molecule has 0 aliphatic carbocycles. The second-order valence-electron chi connectivity index (χ2n) is 4.04. The SMILES string of the molecule is C#CCN(CCC)S(=O)(=O)c1ccc(CNCC)s1. The smallest absolute Gasteiger partial charge is 0.253 e. The second-order valence-corrected chi connectivity index (χ2v) is 7.38. The van der Waals surface area contributed by atoms with E-state index < -0.39 is 10.0 Å². The minimum Gasteiger partial charge on any atom is -0.312 e. The third kappa shape index (κ3) is 4.32. The van der Waals surface area contributed by atoms with Crippen LogP contribution >= 0.6 is 11.3 Å². The summed E-state index contributed by atoms with van der Waals surface area (Å²) in [7, 11) is -3.45. The first kappa shape index (κ1) is 16.2. The summed E-state index contributed by atoms with van der Waals surface area (Å²) in [5.74, 6) is 2.41. The van der Waals surface area contributed by atoms with Gasteiger partial charge in [-0.05, 0) is 25.1 Å². The van der Waals surface area contributed by atoms with Crippen LogP contribution in [-0.4, -0.2) is 32.4 Å². The number of terminal acetylenes is 1. The van der Waals surface area contributed by atoms with Crippen molar-refractivity contribution in [2.24, 2.45) is 0 Å². The third-order valence-electron chi connectivity index (χ3n) is 2.52. The van der Waals surface area contributed by atoms with Gasteiger partial charge in [0.1, 0.15) is 4.21 Å². The Labute approximate surface area is 119 Å². The van der Waals surface area contributed by atoms with Crippen LogP contribution in [0.4, 0.5) is 0 Å². The molecule has 0 radical (unpaired) electrons. The van der Waals surface area contributed by atoms with E-state index in [4.69, 9.17) is 6.42 Å². The van der Waals surface area contributed by atoms with Crippen molar-refractivity contribution in [2.45, 2.75) is 31.0 Å². The van der Waals surface area contributed by atoms with E-state index in [0.29, 0.717) is 17.3 Å². The lowest BCUT2D eigenvalue weighted by molar-refractivity contribution is 0.447. The Kier molecular flexibility index (Phi) is 6.52. The maximum absolute atomic E-state index is 12.4. The number of nitrogens with one attached hydrogen (secondary N) is 1. The predicted octanol–water partition coefficient (Wildman–Crippen LogP) is 1.89. The van der Waals surface area contributed by atoms with Gasteiger partial charge in [0.15, 0.2) is 0 Å². The van der Waals surface area contributed by atoms with E-state index in [2.05, 4.69) is 11.2 Å². The van der Waals surface area contributed by atoms with Gasteiger partial charge in [-0.2, -0.15) is 4.31 Å². The Morgan fingerprint density at radius 2 is 2.16 bits per heavy atom. The number of nitrogens with zero attached hydrogens (tertiary/aromatic N) is 1. The maximum Gasteiger partial charge on any atom is 0.253 e. The summed E-state index contributed by atoms with van der Waals surface area (Å²) in [6.45, 7) is 6.08. The standard InChI is InChI=1S/C13H20N2O2S2/c1-4-9-15(10-5-2)19(16,17)13-8-7-12(18-13)11-14-6-3/h1,7-8,14H,5-6,9-11H2,2-3H3. The van der Waals surface area contributed by atoms with Gasteiger partial charge in [-0.1, -0.05) is 19.8 Å². The molecule has 0 aliphatic rings. The van der Waals surface area contributed by atoms with Crippen LogP contribution in [-0.2, 0) is 16.6 Å². The molecule has 0 bridgehead atoms. The maximum atomic E-state index is 12.4. The number of rotatable bonds is 8. The fourth-order valence-electron chi connectivity index (χ4n) is 1.60. The summed E-state index contributed by atoms with van der Waals surface area (Å²) >= 11 is 1.30. The van der Waals surface area contributed by atoms with E-state index >= 15 is 0 Å². The first-order valence-electron chi connectivity index (χ1n) is 6.29. The minimum absolute atomic E-state index is 0.122. The molecule has 1 heterocycles. The Bertz CT molecular complexity index is 529. The van der Waals surface area contributed by atoms with Crippen molar-refractivity contribution in [1.82, 2.24) is 9.62 Å². The summed E-state index contributed by atoms with van der Waals surface area (Å²) < 4.78 is 26.6. The second kappa shape index (κ2) is 7.65. The molecule has 1 N–H and O–H groups in total. The number of hydrogen-bond donors (Lipinski definition) is 1. The van der Waals surface area contributed by atoms with Crippen LogP contribution in [0, 0.1) is 12.3 Å². The topological polar surface area (TPSA) is 49.4 Å². The predicted molar refractivity (Wildman–Crippen MR) is 79.6 cm³/mol. The highest BCUT2D eigenvalue weighted by Crippen LogP contribution is 2.25. The average molecular weight is 300 g/mol. The Morgan fingerprint density at radius 3 is 2.74 bits per heavy atom. The van der Waals surface area contributed by atoms with Gasteiger partial charge in [0, 0.05) is 18.0 Å². The molecule has 0 spiro atoms. The lowest BCUT2D eigenvalue weighted by Crippen LogP contribution is -2.31. The summed E-state index contributed by atoms with van der Waals surface area (Å²) in [4.78, 5) is 1.01. The lowest BCUT2D eigenvalue weighted by atomic mass is 10.4. The zero-order valence-corrected chi connectivity index (χ0v) is 13.0. The number of thiophene rings is 1. The highest BCUT2D eigenvalue weighted by molar-refractivity contribution is 7.91. The molecule has 4 nitrogen and oxygen atoms in total. The van der Waals surface area contributed by atoms with Crippen LogP contribution < -0.4 is 5.32 Å². The van der Waals surface area contributed by atoms with Crippen molar-refractivity contribution < 1.29 is 8.42 Å². The number of hydrogen-bond acceptors (Lipinski definition) is 4. The largest absolute Gasteiger partial charge is 0.312 e. The van der Waals surface area contributed by atoms with Crippen molar-refractivity contribution in [1.29, 1.82) is 0 Å². The zero-order valence-electron chi connectivity index (χ0n) is 11.3. The van der Waals surface area contributed by atoms with Crippen LogP contribution in [0.15, 0.2) is 16.3 Å². The van der Waals surface area contributed by atoms with Crippen LogP contribution in [0.2, 0.25) is 0 Å². The molecule has 0 aliphatic heterocycles. The van der Waals surface area contributed by atoms with Crippen molar-refractivity contribution in [3.63, 3.8) is 0 Å². The Balaban J connectivity index is 2.91. The average Bonchev–Trinajstić information content (AvgIpc) is 2.85. The molecule has 106 valence electrons. The van der Waals surface area contributed by atoms with Gasteiger partial charge in [-0.3, -0.25) is 0 Å². The zero-order chi connectivity index (χ0) is 14.3. The molecular weight excluding hydrogens is 280 g/mol. The summed E-state index contributed by atoms with van der Waals surface area (Å²) in [6.07, 6.45) is 5.99. The monoisotopic (exact) mass is 300 g/mol. The van der Waals surface area contributed by atoms with E-state index in [1.165, 1.54) is 15.6 Å². The van der Waals surface area contributed by atoms with Crippen LogP contribution in [0.5, 0.6) is 0 Å². The molecule has 0 amide bonds. The highest BCUT2D eigenvalue weighted by Gasteiger charge is 2.24. The van der Waals surface area contributed by atoms with Crippen molar-refractivity contribution in [3.05, 3.63) is 17.0 Å². The minimum atomic E-state index is -3.45. The molecule has 0 saturated carbocycles. The van der Waals surface area contributed by atoms with E-state index in [9.17, 15) is 8.42 Å². The van der Waals surface area contributed by atoms with Crippen LogP contribution in [0.3, 0.4) is 0 Å². The molecular formula is C13H20N2O2S2. The molecule has 6 heteroatoms. The van der Waals surface area contributed by atoms with Crippen molar-refractivity contribution >= 4 is 21.4 Å². The van der Waals surface area contributed by atoms with Gasteiger partial charge in [0.05, 0.1) is 6.54 Å². The molecule has 1 aromatic rings. The van der Waals surface area contributed by atoms with Gasteiger partial charge in [-0.25, -0.2) is 8.42 Å². The van der Waals surface area contributed by atoms with Gasteiger partial charge in [-0.15, -0.1) is 17.8 Å². The number of sulfonamides is 1. The molecule has 0 atom stereocenters. The molecule has 0 aromatic carbocycles. The van der Waals surface area contributed by atoms with Gasteiger partial charge >= 0.3 is 0 Å². The first-order valence-corrected chi connectivity index (χ1v) is 8.55. The summed E-state index contributed by atoms with van der Waals surface area (Å²) in [5.41, 5.74) is 0. The van der Waals surface area contributed by atoms with E-state index in [1.54, 1.807) is 6.07 Å². The van der Waals surface area contributed by atoms with Crippen molar-refractivity contribution in [3.8, 4) is 12.3 Å². The fraction of sp³-hybridized carbons (Fsp3) is 0.538. The van der Waals surface area contributed by atoms with E-state index in [1.807, 2.05) is 19.9 Å². The molecule has 19 heavy (non-hydrogen) atoms. The molecule has 0 unspecified atom stereocenters. The van der Waals surface area contributed by atoms with Gasteiger partial charge < -0.3 is 5.32 Å². The summed E-state index contributed by atoms with van der Waals surface area (Å²) in [5, 5.41) is 3.18. The molecule has 1 aromatic heterocycles. The Morgan fingerprint density at radius 1 is 1.42 bits per heavy atom. The van der Waals surface area contributed by atoms with E-state index in [-0.39, 0.29) is 6.54 Å². The van der Waals surface area contributed by atoms with E-state index in [0.717, 1.165) is 17.8 Å². The Hall–Kier alpha value is -0.870. The van der Waals surface area contributed by atoms with Crippen LogP contribution in [0.25, 0.3) is 0 Å². The van der Waals surface area contributed by atoms with Gasteiger partial charge in [0.2, 0.25) is 0 Å². The van der Waals surface area contributed by atoms with Crippen molar-refractivity contribution in [2.75, 3.05) is 19.6 Å². The first-order chi connectivity index (χ1) is 9.06.